The second-order valence-corrected chi connectivity index (χ2v) is 2.27. The van der Waals surface area contributed by atoms with Crippen LogP contribution in [0.15, 0.2) is 24.3 Å². The van der Waals surface area contributed by atoms with E-state index in [0.717, 1.165) is 0 Å². The van der Waals surface area contributed by atoms with Gasteiger partial charge in [0.2, 0.25) is 0 Å². The standard InChI is InChI=1S/C8H10.HN3.N3/c1-7-5-3-4-6-8(7)2;2*1-3-2/h3-6H,1-2H3;1H;/q;;-1. The number of hydrogen-bond acceptors (Lipinski definition) is 1. The molecule has 0 spiro atoms. The Balaban J connectivity index is 0. The van der Waals surface area contributed by atoms with Gasteiger partial charge in [0.1, 0.15) is 0 Å². The van der Waals surface area contributed by atoms with Gasteiger partial charge in [0.05, 0.1) is 0 Å². The van der Waals surface area contributed by atoms with Crippen molar-refractivity contribution in [1.82, 2.24) is 0 Å². The molecule has 0 heterocycles. The lowest BCUT2D eigenvalue weighted by Gasteiger charge is -1.93. The molecule has 6 nitrogen and oxygen atoms in total. The summed E-state index contributed by atoms with van der Waals surface area (Å²) < 4.78 is 0. The second kappa shape index (κ2) is 10.8. The van der Waals surface area contributed by atoms with Crippen LogP contribution in [0.1, 0.15) is 11.1 Å². The fourth-order valence-corrected chi connectivity index (χ4v) is 0.663. The first-order chi connectivity index (χ1) is 6.63. The average Bonchev–Trinajstić information content (AvgIpc) is 2.13. The third kappa shape index (κ3) is 9.84. The lowest BCUT2D eigenvalue weighted by Crippen LogP contribution is -1.74. The van der Waals surface area contributed by atoms with E-state index in [1.165, 1.54) is 16.0 Å². The largest absolute Gasteiger partial charge is 0.373 e. The predicted octanol–water partition coefficient (Wildman–Crippen LogP) is 4.05. The molecule has 14 heavy (non-hydrogen) atoms. The quantitative estimate of drug-likeness (QED) is 0.361. The zero-order valence-electron chi connectivity index (χ0n) is 8.05. The highest BCUT2D eigenvalue weighted by Crippen LogP contribution is 2.02. The fourth-order valence-electron chi connectivity index (χ4n) is 0.663. The third-order valence-electron chi connectivity index (χ3n) is 1.43. The number of aryl methyl sites for hydroxylation is 2. The number of benzene rings is 1. The van der Waals surface area contributed by atoms with Gasteiger partial charge in [-0.05, 0) is 35.4 Å². The maximum atomic E-state index is 6.86. The van der Waals surface area contributed by atoms with Crippen LogP contribution in [0.5, 0.6) is 0 Å². The van der Waals surface area contributed by atoms with Crippen LogP contribution in [-0.2, 0) is 0 Å². The molecule has 0 atom stereocenters. The van der Waals surface area contributed by atoms with Gasteiger partial charge < -0.3 is 11.1 Å². The van der Waals surface area contributed by atoms with E-state index in [0.29, 0.717) is 0 Å². The summed E-state index contributed by atoms with van der Waals surface area (Å²) in [4.78, 5) is 3.25. The van der Waals surface area contributed by atoms with E-state index in [9.17, 15) is 0 Å². The van der Waals surface area contributed by atoms with Crippen LogP contribution in [0.4, 0.5) is 0 Å². The fraction of sp³-hybridized carbons (Fsp3) is 0.250. The lowest BCUT2D eigenvalue weighted by atomic mass is 10.1. The smallest absolute Gasteiger partial charge is 0.00208 e. The van der Waals surface area contributed by atoms with Gasteiger partial charge in [-0.2, -0.15) is 0 Å². The molecule has 0 amide bonds. The molecule has 0 fully saturated rings. The van der Waals surface area contributed by atoms with Crippen molar-refractivity contribution in [3.05, 3.63) is 61.8 Å². The van der Waals surface area contributed by atoms with Gasteiger partial charge >= 0.3 is 0 Å². The Morgan fingerprint density at radius 2 is 1.21 bits per heavy atom. The zero-order valence-corrected chi connectivity index (χ0v) is 8.05. The molecule has 6 heteroatoms. The van der Waals surface area contributed by atoms with Crippen molar-refractivity contribution in [2.24, 2.45) is 0 Å². The van der Waals surface area contributed by atoms with Gasteiger partial charge in [0.25, 0.3) is 0 Å². The molecule has 1 rings (SSSR count). The van der Waals surface area contributed by atoms with Crippen LogP contribution >= 0.6 is 0 Å². The minimum Gasteiger partial charge on any atom is -0.373 e. The molecule has 0 bridgehead atoms. The Morgan fingerprint density at radius 1 is 1.00 bits per heavy atom. The monoisotopic (exact) mass is 191 g/mol. The van der Waals surface area contributed by atoms with E-state index in [1.807, 2.05) is 0 Å². The summed E-state index contributed by atoms with van der Waals surface area (Å²) in [6.45, 7) is 4.24. The SMILES string of the molecule is Cc1ccccc1C.[N-]=[N+]=N.[N-]=[N+]=[N-]. The minimum atomic E-state index is 1.37. The molecule has 1 aromatic carbocycles. The molecular weight excluding hydrogens is 180 g/mol. The average molecular weight is 191 g/mol. The lowest BCUT2D eigenvalue weighted by molar-refractivity contribution is 1.34. The molecule has 1 aromatic rings. The van der Waals surface area contributed by atoms with Gasteiger partial charge in [-0.15, -0.1) is 5.53 Å². The maximum absolute atomic E-state index is 6.86. The van der Waals surface area contributed by atoms with Crippen molar-refractivity contribution < 1.29 is 0 Å². The van der Waals surface area contributed by atoms with Gasteiger partial charge in [0.15, 0.2) is 0 Å². The van der Waals surface area contributed by atoms with Crippen LogP contribution in [-0.4, -0.2) is 0 Å². The highest BCUT2D eigenvalue weighted by atomic mass is 15.0. The van der Waals surface area contributed by atoms with Crippen molar-refractivity contribution in [3.63, 3.8) is 0 Å². The maximum Gasteiger partial charge on any atom is -0.00208 e. The molecule has 0 aromatic heterocycles. The normalized spacial score (nSPS) is 6.43. The van der Waals surface area contributed by atoms with Crippen LogP contribution in [0.3, 0.4) is 0 Å². The van der Waals surface area contributed by atoms with Crippen LogP contribution < -0.4 is 0 Å². The molecule has 1 N–H and O–H groups in total. The van der Waals surface area contributed by atoms with E-state index in [2.05, 4.69) is 38.1 Å². The molecular formula is C8H11N6-. The first-order valence-corrected chi connectivity index (χ1v) is 3.65. The predicted molar refractivity (Wildman–Crippen MR) is 55.4 cm³/mol. The zero-order chi connectivity index (χ0) is 11.4. The highest BCUT2D eigenvalue weighted by molar-refractivity contribution is 5.23. The number of nitrogens with one attached hydrogen (secondary N) is 1. The first kappa shape index (κ1) is 14.4. The Bertz CT molecular complexity index is 287. The summed E-state index contributed by atoms with van der Waals surface area (Å²) in [5, 5.41) is 0. The summed E-state index contributed by atoms with van der Waals surface area (Å²) in [7, 11) is 0. The summed E-state index contributed by atoms with van der Waals surface area (Å²) in [5.74, 6) is 0. The molecule has 0 radical (unpaired) electrons. The van der Waals surface area contributed by atoms with Gasteiger partial charge in [0, 0.05) is 0 Å². The van der Waals surface area contributed by atoms with E-state index < -0.39 is 0 Å². The van der Waals surface area contributed by atoms with Crippen LogP contribution in [0.2, 0.25) is 0 Å². The van der Waals surface area contributed by atoms with Gasteiger partial charge in [-0.1, -0.05) is 24.3 Å². The van der Waals surface area contributed by atoms with Crippen LogP contribution in [0.25, 0.3) is 26.4 Å². The van der Waals surface area contributed by atoms with Gasteiger partial charge in [-0.25, -0.2) is 0 Å². The third-order valence-corrected chi connectivity index (χ3v) is 1.43. The molecule has 0 saturated carbocycles. The van der Waals surface area contributed by atoms with Crippen molar-refractivity contribution >= 4 is 0 Å². The highest BCUT2D eigenvalue weighted by Gasteiger charge is 1.83. The summed E-state index contributed by atoms with van der Waals surface area (Å²) >= 11 is 0. The molecule has 0 aliphatic carbocycles. The number of hydrogen-bond donors (Lipinski definition) is 1. The van der Waals surface area contributed by atoms with Gasteiger partial charge in [-0.3, -0.25) is 4.91 Å². The Labute approximate surface area is 82.0 Å². The van der Waals surface area contributed by atoms with E-state index >= 15 is 0 Å². The number of rotatable bonds is 0. The number of nitrogens with zero attached hydrogens (tertiary/aromatic N) is 5. The molecule has 0 unspecified atom stereocenters. The van der Waals surface area contributed by atoms with Crippen molar-refractivity contribution in [2.45, 2.75) is 13.8 Å². The van der Waals surface area contributed by atoms with E-state index in [1.54, 1.807) is 4.91 Å². The Morgan fingerprint density at radius 3 is 1.36 bits per heavy atom. The second-order valence-electron chi connectivity index (χ2n) is 2.27. The minimum absolute atomic E-state index is 1.37. The summed E-state index contributed by atoms with van der Waals surface area (Å²) in [6.07, 6.45) is 0. The van der Waals surface area contributed by atoms with Crippen molar-refractivity contribution in [2.75, 3.05) is 0 Å². The van der Waals surface area contributed by atoms with E-state index in [4.69, 9.17) is 22.1 Å². The molecule has 74 valence electrons. The first-order valence-electron chi connectivity index (χ1n) is 3.65. The summed E-state index contributed by atoms with van der Waals surface area (Å²) in [5.41, 5.74) is 28.5. The van der Waals surface area contributed by atoms with Crippen molar-refractivity contribution in [3.8, 4) is 0 Å². The molecule has 0 aliphatic heterocycles. The van der Waals surface area contributed by atoms with Crippen LogP contribution in [0, 0.1) is 19.4 Å². The Kier molecular flexibility index (Phi) is 11.1. The molecule has 0 saturated heterocycles. The topological polar surface area (TPSA) is 119 Å². The van der Waals surface area contributed by atoms with E-state index in [-0.39, 0.29) is 0 Å². The Hall–Kier alpha value is -2.16. The van der Waals surface area contributed by atoms with Crippen molar-refractivity contribution in [1.29, 1.82) is 5.53 Å². The summed E-state index contributed by atoms with van der Waals surface area (Å²) in [6, 6.07) is 8.36. The molecule has 0 aliphatic rings.